The molecule has 8 heteroatoms. The van der Waals surface area contributed by atoms with Crippen LogP contribution >= 0.6 is 11.3 Å². The number of hydrogen-bond donors (Lipinski definition) is 1. The molecule has 3 heterocycles. The zero-order chi connectivity index (χ0) is 22.2. The lowest BCUT2D eigenvalue weighted by Gasteiger charge is -2.39. The molecular weight excluding hydrogens is 426 g/mol. The predicted molar refractivity (Wildman–Crippen MR) is 122 cm³/mol. The first kappa shape index (κ1) is 20.3. The van der Waals surface area contributed by atoms with Crippen LogP contribution < -0.4 is 10.1 Å². The van der Waals surface area contributed by atoms with Crippen molar-refractivity contribution in [1.82, 2.24) is 9.80 Å². The van der Waals surface area contributed by atoms with Gasteiger partial charge in [-0.3, -0.25) is 14.4 Å². The van der Waals surface area contributed by atoms with Crippen molar-refractivity contribution in [2.45, 2.75) is 6.04 Å². The van der Waals surface area contributed by atoms with Crippen molar-refractivity contribution >= 4 is 34.7 Å². The molecule has 1 N–H and O–H groups in total. The second-order valence-corrected chi connectivity index (χ2v) is 8.54. The molecule has 2 aromatic carbocycles. The number of carbonyl (C=O) groups excluding carboxylic acids is 3. The maximum Gasteiger partial charge on any atom is 0.256 e. The van der Waals surface area contributed by atoms with Gasteiger partial charge in [0.25, 0.3) is 11.8 Å². The topological polar surface area (TPSA) is 79.0 Å². The molecule has 32 heavy (non-hydrogen) atoms. The predicted octanol–water partition coefficient (Wildman–Crippen LogP) is 3.34. The smallest absolute Gasteiger partial charge is 0.256 e. The third kappa shape index (κ3) is 3.52. The Labute approximate surface area is 189 Å². The highest BCUT2D eigenvalue weighted by Crippen LogP contribution is 2.31. The number of piperazine rings is 1. The second kappa shape index (κ2) is 8.12. The molecule has 0 spiro atoms. The molecule has 1 atom stereocenters. The first-order valence-electron chi connectivity index (χ1n) is 10.3. The Morgan fingerprint density at radius 2 is 1.88 bits per heavy atom. The van der Waals surface area contributed by atoms with Gasteiger partial charge in [-0.25, -0.2) is 0 Å². The fourth-order valence-corrected chi connectivity index (χ4v) is 4.83. The van der Waals surface area contributed by atoms with Crippen LogP contribution in [0.2, 0.25) is 0 Å². The van der Waals surface area contributed by atoms with E-state index in [2.05, 4.69) is 5.32 Å². The summed E-state index contributed by atoms with van der Waals surface area (Å²) in [6, 6.07) is 13.6. The van der Waals surface area contributed by atoms with E-state index in [0.29, 0.717) is 35.7 Å². The highest BCUT2D eigenvalue weighted by atomic mass is 32.1. The van der Waals surface area contributed by atoms with Crippen molar-refractivity contribution < 1.29 is 19.1 Å². The van der Waals surface area contributed by atoms with Gasteiger partial charge >= 0.3 is 0 Å². The molecule has 3 amide bonds. The van der Waals surface area contributed by atoms with Gasteiger partial charge in [-0.05, 0) is 64.4 Å². The Balaban J connectivity index is 1.40. The molecule has 0 saturated carbocycles. The summed E-state index contributed by atoms with van der Waals surface area (Å²) < 4.78 is 5.15. The summed E-state index contributed by atoms with van der Waals surface area (Å²) in [6.45, 7) is 0.800. The summed E-state index contributed by atoms with van der Waals surface area (Å²) in [5, 5.41) is 6.89. The molecule has 1 fully saturated rings. The van der Waals surface area contributed by atoms with Gasteiger partial charge in [0.15, 0.2) is 0 Å². The van der Waals surface area contributed by atoms with Crippen molar-refractivity contribution in [3.05, 3.63) is 70.4 Å². The monoisotopic (exact) mass is 447 g/mol. The molecule has 162 valence electrons. The van der Waals surface area contributed by atoms with E-state index in [-0.39, 0.29) is 24.3 Å². The number of ether oxygens (including phenoxy) is 1. The number of anilines is 1. The number of rotatable bonds is 3. The van der Waals surface area contributed by atoms with Crippen LogP contribution in [0.1, 0.15) is 20.7 Å². The Kier molecular flexibility index (Phi) is 5.14. The molecule has 0 aliphatic carbocycles. The molecule has 1 unspecified atom stereocenters. The Morgan fingerprint density at radius 3 is 2.59 bits per heavy atom. The second-order valence-electron chi connectivity index (χ2n) is 7.76. The molecular formula is C24H21N3O4S. The highest BCUT2D eigenvalue weighted by Gasteiger charge is 2.40. The van der Waals surface area contributed by atoms with E-state index in [1.807, 2.05) is 29.0 Å². The van der Waals surface area contributed by atoms with Gasteiger partial charge in [0.05, 0.1) is 24.9 Å². The SMILES string of the molecule is COc1ccc(C(=O)N2CCN3C(=O)c4cc(-c5ccsc5)ccc4NC(=O)C3C2)cc1. The minimum absolute atomic E-state index is 0.147. The summed E-state index contributed by atoms with van der Waals surface area (Å²) in [7, 11) is 1.57. The highest BCUT2D eigenvalue weighted by molar-refractivity contribution is 7.08. The number of nitrogens with one attached hydrogen (secondary N) is 1. The van der Waals surface area contributed by atoms with Gasteiger partial charge in [0.1, 0.15) is 11.8 Å². The average molecular weight is 448 g/mol. The number of thiophene rings is 1. The van der Waals surface area contributed by atoms with Gasteiger partial charge in [-0.15, -0.1) is 0 Å². The number of amides is 3. The van der Waals surface area contributed by atoms with E-state index in [1.165, 1.54) is 0 Å². The van der Waals surface area contributed by atoms with Crippen LogP contribution in [0.5, 0.6) is 5.75 Å². The van der Waals surface area contributed by atoms with Crippen molar-refractivity contribution in [1.29, 1.82) is 0 Å². The normalized spacial score (nSPS) is 17.8. The number of methoxy groups -OCH3 is 1. The first-order chi connectivity index (χ1) is 15.5. The minimum atomic E-state index is -0.740. The van der Waals surface area contributed by atoms with E-state index < -0.39 is 6.04 Å². The van der Waals surface area contributed by atoms with Gasteiger partial charge in [0.2, 0.25) is 5.91 Å². The van der Waals surface area contributed by atoms with Gasteiger partial charge in [-0.1, -0.05) is 6.07 Å². The van der Waals surface area contributed by atoms with Gasteiger partial charge in [0, 0.05) is 18.7 Å². The lowest BCUT2D eigenvalue weighted by Crippen LogP contribution is -2.59. The Bertz CT molecular complexity index is 1190. The molecule has 5 rings (SSSR count). The van der Waals surface area contributed by atoms with Crippen LogP contribution in [0.25, 0.3) is 11.1 Å². The Hall–Kier alpha value is -3.65. The van der Waals surface area contributed by atoms with Crippen molar-refractivity contribution in [2.24, 2.45) is 0 Å². The molecule has 2 aliphatic rings. The average Bonchev–Trinajstić information content (AvgIpc) is 3.35. The van der Waals surface area contributed by atoms with E-state index in [4.69, 9.17) is 4.74 Å². The number of fused-ring (bicyclic) bond motifs is 2. The van der Waals surface area contributed by atoms with E-state index in [0.717, 1.165) is 11.1 Å². The molecule has 7 nitrogen and oxygen atoms in total. The zero-order valence-electron chi connectivity index (χ0n) is 17.4. The van der Waals surface area contributed by atoms with E-state index >= 15 is 0 Å². The quantitative estimate of drug-likeness (QED) is 0.668. The van der Waals surface area contributed by atoms with Crippen LogP contribution in [-0.4, -0.2) is 60.3 Å². The molecule has 3 aromatic rings. The number of hydrogen-bond acceptors (Lipinski definition) is 5. The van der Waals surface area contributed by atoms with Crippen molar-refractivity contribution in [3.63, 3.8) is 0 Å². The third-order valence-electron chi connectivity index (χ3n) is 5.93. The molecule has 0 radical (unpaired) electrons. The molecule has 1 aromatic heterocycles. The molecule has 1 saturated heterocycles. The largest absolute Gasteiger partial charge is 0.497 e. The Morgan fingerprint density at radius 1 is 1.06 bits per heavy atom. The zero-order valence-corrected chi connectivity index (χ0v) is 18.2. The molecule has 2 aliphatic heterocycles. The summed E-state index contributed by atoms with van der Waals surface area (Å²) >= 11 is 1.59. The number of nitrogens with zero attached hydrogens (tertiary/aromatic N) is 2. The molecule has 0 bridgehead atoms. The van der Waals surface area contributed by atoms with Gasteiger partial charge in [-0.2, -0.15) is 11.3 Å². The van der Waals surface area contributed by atoms with Crippen molar-refractivity contribution in [3.8, 4) is 16.9 Å². The summed E-state index contributed by atoms with van der Waals surface area (Å²) in [4.78, 5) is 42.6. The maximum atomic E-state index is 13.4. The summed E-state index contributed by atoms with van der Waals surface area (Å²) in [5.41, 5.74) is 3.45. The fourth-order valence-electron chi connectivity index (χ4n) is 4.16. The van der Waals surface area contributed by atoms with Crippen LogP contribution in [0.15, 0.2) is 59.3 Å². The number of carbonyl (C=O) groups is 3. The maximum absolute atomic E-state index is 13.4. The summed E-state index contributed by atoms with van der Waals surface area (Å²) in [5.74, 6) is 0.0124. The number of benzene rings is 2. The lowest BCUT2D eigenvalue weighted by atomic mass is 10.0. The van der Waals surface area contributed by atoms with Crippen LogP contribution in [-0.2, 0) is 4.79 Å². The standard InChI is InChI=1S/C24H21N3O4S/c1-31-18-5-2-15(3-6-18)23(29)26-9-10-27-21(13-26)22(28)25-20-7-4-16(12-19(20)24(27)30)17-8-11-32-14-17/h2-8,11-12,14,21H,9-10,13H2,1H3,(H,25,28). The van der Waals surface area contributed by atoms with Crippen LogP contribution in [0.4, 0.5) is 5.69 Å². The van der Waals surface area contributed by atoms with E-state index in [9.17, 15) is 14.4 Å². The third-order valence-corrected chi connectivity index (χ3v) is 6.61. The van der Waals surface area contributed by atoms with Crippen LogP contribution in [0, 0.1) is 0 Å². The minimum Gasteiger partial charge on any atom is -0.497 e. The first-order valence-corrected chi connectivity index (χ1v) is 11.2. The van der Waals surface area contributed by atoms with E-state index in [1.54, 1.807) is 58.6 Å². The fraction of sp³-hybridized carbons (Fsp3) is 0.208. The van der Waals surface area contributed by atoms with Gasteiger partial charge < -0.3 is 19.9 Å². The van der Waals surface area contributed by atoms with Crippen LogP contribution in [0.3, 0.4) is 0 Å². The summed E-state index contributed by atoms with van der Waals surface area (Å²) in [6.07, 6.45) is 0. The lowest BCUT2D eigenvalue weighted by molar-refractivity contribution is -0.121. The van der Waals surface area contributed by atoms with Crippen molar-refractivity contribution in [2.75, 3.05) is 32.1 Å².